The van der Waals surface area contributed by atoms with Gasteiger partial charge in [-0.1, -0.05) is 12.1 Å². The van der Waals surface area contributed by atoms with Gasteiger partial charge < -0.3 is 14.4 Å². The number of ether oxygens (including phenoxy) is 2. The number of carbonyl (C=O) groups is 1. The lowest BCUT2D eigenvalue weighted by Crippen LogP contribution is -2.39. The van der Waals surface area contributed by atoms with Gasteiger partial charge in [0.25, 0.3) is 0 Å². The van der Waals surface area contributed by atoms with Gasteiger partial charge in [-0.15, -0.1) is 0 Å². The van der Waals surface area contributed by atoms with E-state index in [4.69, 9.17) is 14.7 Å². The molecule has 2 aromatic heterocycles. The highest BCUT2D eigenvalue weighted by atomic mass is 79.9. The average molecular weight is 514 g/mol. The third kappa shape index (κ3) is 6.23. The molecule has 33 heavy (non-hydrogen) atoms. The van der Waals surface area contributed by atoms with E-state index >= 15 is 0 Å². The zero-order valence-corrected chi connectivity index (χ0v) is 20.9. The number of hydrogen-bond donors (Lipinski definition) is 0. The van der Waals surface area contributed by atoms with Crippen LogP contribution in [0.2, 0.25) is 0 Å². The van der Waals surface area contributed by atoms with E-state index in [1.807, 2.05) is 32.9 Å². The minimum absolute atomic E-state index is 0.160. The number of piperidine rings is 1. The minimum atomic E-state index is -0.367. The van der Waals surface area contributed by atoms with Gasteiger partial charge in [0.2, 0.25) is 0 Å². The summed E-state index contributed by atoms with van der Waals surface area (Å²) in [6.45, 7) is 7.41. The van der Waals surface area contributed by atoms with Gasteiger partial charge in [-0.2, -0.15) is 10.2 Å². The Balaban J connectivity index is 0.000000205. The van der Waals surface area contributed by atoms with E-state index in [2.05, 4.69) is 32.0 Å². The van der Waals surface area contributed by atoms with Crippen molar-refractivity contribution in [2.45, 2.75) is 45.6 Å². The van der Waals surface area contributed by atoms with Crippen LogP contribution in [0.4, 0.5) is 4.79 Å². The van der Waals surface area contributed by atoms with Crippen LogP contribution in [0.1, 0.15) is 45.6 Å². The molecule has 3 aromatic rings. The molecule has 0 N–H and O–H groups in total. The van der Waals surface area contributed by atoms with Crippen molar-refractivity contribution in [3.05, 3.63) is 46.7 Å². The van der Waals surface area contributed by atoms with E-state index < -0.39 is 0 Å². The van der Waals surface area contributed by atoms with E-state index in [1.165, 1.54) is 6.42 Å². The van der Waals surface area contributed by atoms with Crippen LogP contribution in [0.3, 0.4) is 0 Å². The Morgan fingerprint density at radius 2 is 1.82 bits per heavy atom. The topological polar surface area (TPSA) is 92.7 Å². The maximum absolute atomic E-state index is 11.5. The fourth-order valence-corrected chi connectivity index (χ4v) is 3.98. The summed E-state index contributed by atoms with van der Waals surface area (Å²) >= 11 is 3.53. The third-order valence-electron chi connectivity index (χ3n) is 4.94. The highest BCUT2D eigenvalue weighted by Gasteiger charge is 2.23. The highest BCUT2D eigenvalue weighted by molar-refractivity contribution is 9.10. The number of halogens is 1. The second-order valence-corrected chi connectivity index (χ2v) is 9.39. The summed E-state index contributed by atoms with van der Waals surface area (Å²) in [7, 11) is 1.57. The Labute approximate surface area is 202 Å². The van der Waals surface area contributed by atoms with Gasteiger partial charge in [-0.3, -0.25) is 4.40 Å². The monoisotopic (exact) mass is 513 g/mol. The number of nitrogens with zero attached hydrogens (tertiary/aromatic N) is 5. The van der Waals surface area contributed by atoms with Gasteiger partial charge in [0.1, 0.15) is 5.60 Å². The molecule has 0 bridgehead atoms. The molecule has 1 aliphatic rings. The van der Waals surface area contributed by atoms with Gasteiger partial charge in [0.15, 0.2) is 5.65 Å². The van der Waals surface area contributed by atoms with E-state index in [1.54, 1.807) is 40.9 Å². The van der Waals surface area contributed by atoms with Crippen LogP contribution >= 0.6 is 15.9 Å². The fraction of sp³-hybridized carbons (Fsp3) is 0.417. The lowest BCUT2D eigenvalue weighted by Gasteiger charge is -2.29. The van der Waals surface area contributed by atoms with Crippen molar-refractivity contribution in [3.63, 3.8) is 0 Å². The van der Waals surface area contributed by atoms with Crippen LogP contribution in [0, 0.1) is 11.3 Å². The highest BCUT2D eigenvalue weighted by Crippen LogP contribution is 2.32. The molecule has 8 nitrogen and oxygen atoms in total. The van der Waals surface area contributed by atoms with E-state index in [0.717, 1.165) is 47.3 Å². The van der Waals surface area contributed by atoms with Gasteiger partial charge in [-0.05, 0) is 68.1 Å². The van der Waals surface area contributed by atoms with Gasteiger partial charge >= 0.3 is 12.1 Å². The molecule has 0 radical (unpaired) electrons. The largest absolute Gasteiger partial charge is 0.468 e. The number of carbonyl (C=O) groups excluding carboxylic acids is 1. The number of nitriles is 1. The molecular weight excluding hydrogens is 486 g/mol. The molecule has 0 aliphatic carbocycles. The minimum Gasteiger partial charge on any atom is -0.468 e. The second kappa shape index (κ2) is 10.7. The summed E-state index contributed by atoms with van der Waals surface area (Å²) in [5.41, 5.74) is 2.59. The third-order valence-corrected chi connectivity index (χ3v) is 5.67. The molecule has 1 saturated heterocycles. The molecule has 174 valence electrons. The number of rotatable bonds is 2. The zero-order valence-electron chi connectivity index (χ0n) is 19.3. The zero-order chi connectivity index (χ0) is 24.0. The first-order valence-corrected chi connectivity index (χ1v) is 11.6. The molecule has 0 spiro atoms. The van der Waals surface area contributed by atoms with Crippen LogP contribution in [0.15, 0.2) is 41.1 Å². The average Bonchev–Trinajstić information content (AvgIpc) is 3.30. The van der Waals surface area contributed by atoms with Crippen LogP contribution in [0.25, 0.3) is 16.9 Å². The number of aromatic nitrogens is 3. The lowest BCUT2D eigenvalue weighted by atomic mass is 10.1. The standard InChI is InChI=1S/C14H9BrN4O.C10H19NO2/c1-20-14-18-12(10-4-2-9(8-16)3-5-10)11(15)13-17-6-7-19(13)14;1-10(2,3)13-9(12)11-7-5-4-6-8-11/h2-7H,1H3;4-8H2,1-3H3. The first-order chi connectivity index (χ1) is 15.7. The Morgan fingerprint density at radius 3 is 2.39 bits per heavy atom. The molecular formula is C24H28BrN5O3. The summed E-state index contributed by atoms with van der Waals surface area (Å²) in [4.78, 5) is 22.1. The Bertz CT molecular complexity index is 1140. The Kier molecular flexibility index (Phi) is 7.92. The molecule has 1 aromatic carbocycles. The van der Waals surface area contributed by atoms with Crippen molar-refractivity contribution in [1.82, 2.24) is 19.3 Å². The molecule has 1 fully saturated rings. The number of hydrogen-bond acceptors (Lipinski definition) is 6. The maximum Gasteiger partial charge on any atom is 0.410 e. The van der Waals surface area contributed by atoms with Gasteiger partial charge in [-0.25, -0.2) is 9.78 Å². The van der Waals surface area contributed by atoms with Crippen LogP contribution in [-0.2, 0) is 4.74 Å². The van der Waals surface area contributed by atoms with Crippen molar-refractivity contribution in [3.8, 4) is 23.3 Å². The van der Waals surface area contributed by atoms with E-state index in [-0.39, 0.29) is 11.7 Å². The number of likely N-dealkylation sites (tertiary alicyclic amines) is 1. The molecule has 1 aliphatic heterocycles. The molecule has 0 atom stereocenters. The number of amides is 1. The van der Waals surface area contributed by atoms with Crippen LogP contribution < -0.4 is 4.74 Å². The number of imidazole rings is 1. The summed E-state index contributed by atoms with van der Waals surface area (Å²) in [5.74, 6) is 0. The molecule has 0 unspecified atom stereocenters. The lowest BCUT2D eigenvalue weighted by molar-refractivity contribution is 0.0216. The van der Waals surface area contributed by atoms with Crippen molar-refractivity contribution >= 4 is 27.7 Å². The van der Waals surface area contributed by atoms with E-state index in [9.17, 15) is 4.79 Å². The Hall–Kier alpha value is -3.12. The number of fused-ring (bicyclic) bond motifs is 1. The van der Waals surface area contributed by atoms with Crippen molar-refractivity contribution in [2.75, 3.05) is 20.2 Å². The van der Waals surface area contributed by atoms with Crippen molar-refractivity contribution in [1.29, 1.82) is 5.26 Å². The Morgan fingerprint density at radius 1 is 1.15 bits per heavy atom. The van der Waals surface area contributed by atoms with E-state index in [0.29, 0.717) is 11.6 Å². The van der Waals surface area contributed by atoms with Gasteiger partial charge in [0, 0.05) is 31.0 Å². The maximum atomic E-state index is 11.5. The first-order valence-electron chi connectivity index (χ1n) is 10.8. The summed E-state index contributed by atoms with van der Waals surface area (Å²) in [5, 5.41) is 8.84. The van der Waals surface area contributed by atoms with Gasteiger partial charge in [0.05, 0.1) is 28.9 Å². The molecule has 3 heterocycles. The summed E-state index contributed by atoms with van der Waals surface area (Å²) < 4.78 is 13.1. The van der Waals surface area contributed by atoms with Crippen LogP contribution in [0.5, 0.6) is 6.01 Å². The summed E-state index contributed by atoms with van der Waals surface area (Å²) in [6, 6.07) is 9.77. The van der Waals surface area contributed by atoms with Crippen molar-refractivity contribution in [2.24, 2.45) is 0 Å². The smallest absolute Gasteiger partial charge is 0.410 e. The predicted molar refractivity (Wildman–Crippen MR) is 129 cm³/mol. The SMILES string of the molecule is CC(C)(C)OC(=O)N1CCCCC1.COc1nc(-c2ccc(C#N)cc2)c(Br)c2nccn12. The first kappa shape index (κ1) is 24.5. The number of methoxy groups -OCH3 is 1. The molecule has 9 heteroatoms. The fourth-order valence-electron chi connectivity index (χ4n) is 3.37. The second-order valence-electron chi connectivity index (χ2n) is 8.60. The summed E-state index contributed by atoms with van der Waals surface area (Å²) in [6.07, 6.45) is 6.77. The molecule has 4 rings (SSSR count). The number of benzene rings is 1. The predicted octanol–water partition coefficient (Wildman–Crippen LogP) is 5.45. The molecule has 1 amide bonds. The van der Waals surface area contributed by atoms with Crippen LogP contribution in [-0.4, -0.2) is 51.2 Å². The van der Waals surface area contributed by atoms with Crippen molar-refractivity contribution < 1.29 is 14.3 Å². The normalized spacial score (nSPS) is 13.6. The quantitative estimate of drug-likeness (QED) is 0.452. The molecule has 0 saturated carbocycles.